The molecule has 0 unspecified atom stereocenters. The van der Waals surface area contributed by atoms with E-state index < -0.39 is 0 Å². The normalized spacial score (nSPS) is 19.4. The standard InChI is InChI=1S/C18H26N2O3S/c1-13-12-15(23-2)16(24-13)18(22)20-10-6-14(7-11-20)17(21)19-8-4-3-5-9-19/h12,14H,3-11H2,1-2H3. The van der Waals surface area contributed by atoms with E-state index in [-0.39, 0.29) is 11.8 Å². The fourth-order valence-corrected chi connectivity index (χ4v) is 4.58. The average molecular weight is 350 g/mol. The highest BCUT2D eigenvalue weighted by molar-refractivity contribution is 7.14. The molecule has 0 bridgehead atoms. The molecule has 0 spiro atoms. The van der Waals surface area contributed by atoms with E-state index >= 15 is 0 Å². The smallest absolute Gasteiger partial charge is 0.267 e. The Balaban J connectivity index is 1.58. The van der Waals surface area contributed by atoms with Crippen LogP contribution in [0.2, 0.25) is 0 Å². The topological polar surface area (TPSA) is 49.9 Å². The van der Waals surface area contributed by atoms with Gasteiger partial charge in [0.05, 0.1) is 7.11 Å². The molecule has 0 saturated carbocycles. The molecule has 6 heteroatoms. The second kappa shape index (κ2) is 7.55. The molecule has 0 aliphatic carbocycles. The summed E-state index contributed by atoms with van der Waals surface area (Å²) in [6.45, 7) is 5.10. The van der Waals surface area contributed by atoms with E-state index in [1.54, 1.807) is 7.11 Å². The molecule has 1 aromatic heterocycles. The molecule has 2 amide bonds. The van der Waals surface area contributed by atoms with Crippen molar-refractivity contribution in [3.05, 3.63) is 15.8 Å². The van der Waals surface area contributed by atoms with Gasteiger partial charge in [0.2, 0.25) is 5.91 Å². The summed E-state index contributed by atoms with van der Waals surface area (Å²) in [5, 5.41) is 0. The summed E-state index contributed by atoms with van der Waals surface area (Å²) < 4.78 is 5.32. The third-order valence-electron chi connectivity index (χ3n) is 5.03. The average Bonchev–Trinajstić information content (AvgIpc) is 3.02. The van der Waals surface area contributed by atoms with Crippen LogP contribution in [0.3, 0.4) is 0 Å². The maximum absolute atomic E-state index is 12.7. The molecule has 3 rings (SSSR count). The lowest BCUT2D eigenvalue weighted by molar-refractivity contribution is -0.137. The summed E-state index contributed by atoms with van der Waals surface area (Å²) >= 11 is 1.48. The summed E-state index contributed by atoms with van der Waals surface area (Å²) in [7, 11) is 1.60. The fourth-order valence-electron chi connectivity index (χ4n) is 3.64. The van der Waals surface area contributed by atoms with Crippen LogP contribution in [0.5, 0.6) is 5.75 Å². The molecular weight excluding hydrogens is 324 g/mol. The van der Waals surface area contributed by atoms with Crippen molar-refractivity contribution in [3.8, 4) is 5.75 Å². The first-order valence-electron chi connectivity index (χ1n) is 8.82. The van der Waals surface area contributed by atoms with E-state index in [1.165, 1.54) is 17.8 Å². The highest BCUT2D eigenvalue weighted by atomic mass is 32.1. The summed E-state index contributed by atoms with van der Waals surface area (Å²) in [6.07, 6.45) is 5.03. The largest absolute Gasteiger partial charge is 0.495 e. The Morgan fingerprint density at radius 3 is 2.38 bits per heavy atom. The molecule has 2 aliphatic rings. The van der Waals surface area contributed by atoms with Crippen molar-refractivity contribution >= 4 is 23.2 Å². The van der Waals surface area contributed by atoms with Crippen molar-refractivity contribution in [3.63, 3.8) is 0 Å². The van der Waals surface area contributed by atoms with Crippen LogP contribution in [-0.4, -0.2) is 54.9 Å². The lowest BCUT2D eigenvalue weighted by Crippen LogP contribution is -2.45. The number of thiophene rings is 1. The fraction of sp³-hybridized carbons (Fsp3) is 0.667. The highest BCUT2D eigenvalue weighted by Gasteiger charge is 2.32. The number of hydrogen-bond acceptors (Lipinski definition) is 4. The Labute approximate surface area is 147 Å². The number of piperidine rings is 2. The number of carbonyl (C=O) groups is 2. The number of carbonyl (C=O) groups excluding carboxylic acids is 2. The van der Waals surface area contributed by atoms with E-state index in [0.717, 1.165) is 43.6 Å². The maximum atomic E-state index is 12.7. The molecule has 5 nitrogen and oxygen atoms in total. The summed E-state index contributed by atoms with van der Waals surface area (Å²) in [5.74, 6) is 1.08. The van der Waals surface area contributed by atoms with Gasteiger partial charge in [-0.2, -0.15) is 0 Å². The Kier molecular flexibility index (Phi) is 5.43. The van der Waals surface area contributed by atoms with Crippen LogP contribution in [0, 0.1) is 12.8 Å². The van der Waals surface area contributed by atoms with Crippen molar-refractivity contribution in [2.24, 2.45) is 5.92 Å². The zero-order valence-corrected chi connectivity index (χ0v) is 15.4. The first-order valence-corrected chi connectivity index (χ1v) is 9.64. The van der Waals surface area contributed by atoms with Crippen LogP contribution < -0.4 is 4.74 Å². The highest BCUT2D eigenvalue weighted by Crippen LogP contribution is 2.31. The molecule has 0 atom stereocenters. The van der Waals surface area contributed by atoms with Gasteiger partial charge in [-0.15, -0.1) is 11.3 Å². The van der Waals surface area contributed by atoms with Gasteiger partial charge in [-0.1, -0.05) is 0 Å². The lowest BCUT2D eigenvalue weighted by atomic mass is 9.94. The summed E-state index contributed by atoms with van der Waals surface area (Å²) in [4.78, 5) is 31.0. The van der Waals surface area contributed by atoms with Crippen molar-refractivity contribution in [1.29, 1.82) is 0 Å². The molecule has 2 fully saturated rings. The quantitative estimate of drug-likeness (QED) is 0.842. The SMILES string of the molecule is COc1cc(C)sc1C(=O)N1CCC(C(=O)N2CCCCC2)CC1. The molecule has 24 heavy (non-hydrogen) atoms. The molecule has 0 N–H and O–H groups in total. The number of nitrogens with zero attached hydrogens (tertiary/aromatic N) is 2. The first kappa shape index (κ1) is 17.3. The minimum absolute atomic E-state index is 0.0359. The minimum atomic E-state index is 0.0359. The van der Waals surface area contributed by atoms with Gasteiger partial charge in [0.25, 0.3) is 5.91 Å². The number of rotatable bonds is 3. The number of likely N-dealkylation sites (tertiary alicyclic amines) is 2. The molecule has 2 aliphatic heterocycles. The summed E-state index contributed by atoms with van der Waals surface area (Å²) in [5.41, 5.74) is 0. The Bertz CT molecular complexity index is 599. The Hall–Kier alpha value is -1.56. The van der Waals surface area contributed by atoms with Gasteiger partial charge in [0.15, 0.2) is 0 Å². The van der Waals surface area contributed by atoms with E-state index in [9.17, 15) is 9.59 Å². The van der Waals surface area contributed by atoms with Crippen LogP contribution in [-0.2, 0) is 4.79 Å². The van der Waals surface area contributed by atoms with Gasteiger partial charge >= 0.3 is 0 Å². The van der Waals surface area contributed by atoms with E-state index in [2.05, 4.69) is 0 Å². The monoisotopic (exact) mass is 350 g/mol. The minimum Gasteiger partial charge on any atom is -0.495 e. The zero-order chi connectivity index (χ0) is 17.1. The van der Waals surface area contributed by atoms with Gasteiger partial charge in [-0.3, -0.25) is 9.59 Å². The van der Waals surface area contributed by atoms with Crippen LogP contribution in [0.1, 0.15) is 46.7 Å². The van der Waals surface area contributed by atoms with Crippen LogP contribution in [0.25, 0.3) is 0 Å². The number of aryl methyl sites for hydroxylation is 1. The molecule has 132 valence electrons. The third-order valence-corrected chi connectivity index (χ3v) is 6.05. The number of amides is 2. The molecule has 1 aromatic rings. The van der Waals surface area contributed by atoms with Gasteiger partial charge in [-0.05, 0) is 45.1 Å². The Morgan fingerprint density at radius 2 is 1.75 bits per heavy atom. The van der Waals surface area contributed by atoms with Gasteiger partial charge in [0, 0.05) is 37.0 Å². The first-order chi connectivity index (χ1) is 11.6. The lowest BCUT2D eigenvalue weighted by Gasteiger charge is -2.35. The van der Waals surface area contributed by atoms with Gasteiger partial charge in [-0.25, -0.2) is 0 Å². The van der Waals surface area contributed by atoms with Crippen molar-refractivity contribution in [1.82, 2.24) is 9.80 Å². The molecular formula is C18H26N2O3S. The second-order valence-electron chi connectivity index (χ2n) is 6.71. The summed E-state index contributed by atoms with van der Waals surface area (Å²) in [6, 6.07) is 1.91. The maximum Gasteiger partial charge on any atom is 0.267 e. The van der Waals surface area contributed by atoms with E-state index in [4.69, 9.17) is 4.74 Å². The van der Waals surface area contributed by atoms with Gasteiger partial charge in [0.1, 0.15) is 10.6 Å². The number of methoxy groups -OCH3 is 1. The molecule has 2 saturated heterocycles. The van der Waals surface area contributed by atoms with Crippen LogP contribution in [0.15, 0.2) is 6.07 Å². The third kappa shape index (κ3) is 3.58. The van der Waals surface area contributed by atoms with Crippen molar-refractivity contribution in [2.45, 2.75) is 39.0 Å². The molecule has 3 heterocycles. The van der Waals surface area contributed by atoms with E-state index in [0.29, 0.717) is 29.6 Å². The zero-order valence-electron chi connectivity index (χ0n) is 14.5. The van der Waals surface area contributed by atoms with E-state index in [1.807, 2.05) is 22.8 Å². The van der Waals surface area contributed by atoms with Crippen LogP contribution in [0.4, 0.5) is 0 Å². The van der Waals surface area contributed by atoms with Crippen molar-refractivity contribution in [2.75, 3.05) is 33.3 Å². The van der Waals surface area contributed by atoms with Crippen molar-refractivity contribution < 1.29 is 14.3 Å². The predicted molar refractivity (Wildman–Crippen MR) is 94.7 cm³/mol. The van der Waals surface area contributed by atoms with Gasteiger partial charge < -0.3 is 14.5 Å². The Morgan fingerprint density at radius 1 is 1.08 bits per heavy atom. The van der Waals surface area contributed by atoms with Crippen LogP contribution >= 0.6 is 11.3 Å². The number of ether oxygens (including phenoxy) is 1. The molecule has 0 radical (unpaired) electrons. The second-order valence-corrected chi connectivity index (χ2v) is 7.96. The number of hydrogen-bond donors (Lipinski definition) is 0. The molecule has 0 aromatic carbocycles. The predicted octanol–water partition coefficient (Wildman–Crippen LogP) is 2.93.